The molecule has 0 atom stereocenters. The number of amides is 1. The molecule has 1 aliphatic rings. The molecule has 23 heavy (non-hydrogen) atoms. The smallest absolute Gasteiger partial charge is 0.329 e. The molecule has 1 amide bonds. The number of rotatable bonds is 4. The molecule has 6 heteroatoms. The van der Waals surface area contributed by atoms with Crippen molar-refractivity contribution in [1.29, 1.82) is 0 Å². The van der Waals surface area contributed by atoms with Gasteiger partial charge in [-0.2, -0.15) is 5.10 Å². The number of aromatic nitrogens is 2. The third-order valence-corrected chi connectivity index (χ3v) is 4.93. The Kier molecular flexibility index (Phi) is 4.07. The summed E-state index contributed by atoms with van der Waals surface area (Å²) in [7, 11) is 1.60. The van der Waals surface area contributed by atoms with E-state index in [4.69, 9.17) is 0 Å². The second-order valence-electron chi connectivity index (χ2n) is 6.21. The van der Waals surface area contributed by atoms with E-state index in [1.165, 1.54) is 4.90 Å². The summed E-state index contributed by atoms with van der Waals surface area (Å²) in [6.07, 6.45) is 5.47. The molecule has 1 aliphatic carbocycles. The van der Waals surface area contributed by atoms with Gasteiger partial charge in [-0.25, -0.2) is 4.79 Å². The first-order chi connectivity index (χ1) is 11.0. The third kappa shape index (κ3) is 2.69. The van der Waals surface area contributed by atoms with Crippen molar-refractivity contribution in [1.82, 2.24) is 14.7 Å². The van der Waals surface area contributed by atoms with Gasteiger partial charge in [0.1, 0.15) is 12.1 Å². The largest absolute Gasteiger partial charge is 0.479 e. The number of likely N-dealkylation sites (N-methyl/N-ethyl adjacent to an activating group) is 1. The first-order valence-electron chi connectivity index (χ1n) is 7.95. The molecular weight excluding hydrogens is 294 g/mol. The number of carbonyl (C=O) groups excluding carboxylic acids is 1. The number of hydrogen-bond acceptors (Lipinski definition) is 3. The minimum atomic E-state index is -1.07. The SMILES string of the molecule is CN(C(=O)Cn1ncc2ccccc21)C1(C(=O)O)CCCCC1. The lowest BCUT2D eigenvalue weighted by Crippen LogP contribution is -2.57. The number of carboxylic acids is 1. The molecule has 1 fully saturated rings. The summed E-state index contributed by atoms with van der Waals surface area (Å²) in [5, 5.41) is 14.9. The molecule has 1 N–H and O–H groups in total. The average molecular weight is 315 g/mol. The summed E-state index contributed by atoms with van der Waals surface area (Å²) in [5.74, 6) is -1.12. The van der Waals surface area contributed by atoms with Gasteiger partial charge in [0.15, 0.2) is 0 Å². The fraction of sp³-hybridized carbons (Fsp3) is 0.471. The number of carboxylic acid groups (broad SMARTS) is 1. The Balaban J connectivity index is 1.83. The zero-order valence-electron chi connectivity index (χ0n) is 13.2. The zero-order valence-corrected chi connectivity index (χ0v) is 13.2. The number of fused-ring (bicyclic) bond motifs is 1. The van der Waals surface area contributed by atoms with Crippen LogP contribution in [0.5, 0.6) is 0 Å². The van der Waals surface area contributed by atoms with E-state index in [9.17, 15) is 14.7 Å². The van der Waals surface area contributed by atoms with Crippen molar-refractivity contribution in [2.45, 2.75) is 44.2 Å². The molecule has 1 aromatic carbocycles. The minimum absolute atomic E-state index is 0.0546. The average Bonchev–Trinajstić information content (AvgIpc) is 2.98. The minimum Gasteiger partial charge on any atom is -0.479 e. The van der Waals surface area contributed by atoms with Crippen LogP contribution < -0.4 is 0 Å². The Morgan fingerprint density at radius 2 is 1.96 bits per heavy atom. The molecule has 0 radical (unpaired) electrons. The first-order valence-corrected chi connectivity index (χ1v) is 7.95. The summed E-state index contributed by atoms with van der Waals surface area (Å²) in [4.78, 5) is 25.9. The molecule has 6 nitrogen and oxygen atoms in total. The van der Waals surface area contributed by atoms with Crippen molar-refractivity contribution >= 4 is 22.8 Å². The lowest BCUT2D eigenvalue weighted by Gasteiger charge is -2.41. The second kappa shape index (κ2) is 6.02. The Hall–Kier alpha value is -2.37. The number of para-hydroxylation sites is 1. The van der Waals surface area contributed by atoms with E-state index in [1.807, 2.05) is 24.3 Å². The molecule has 1 heterocycles. The van der Waals surface area contributed by atoms with E-state index in [0.717, 1.165) is 30.2 Å². The standard InChI is InChI=1S/C17H21N3O3/c1-19(17(16(22)23)9-5-2-6-10-17)15(21)12-20-14-8-4-3-7-13(14)11-18-20/h3-4,7-8,11H,2,5-6,9-10,12H2,1H3,(H,22,23). The fourth-order valence-corrected chi connectivity index (χ4v) is 3.45. The van der Waals surface area contributed by atoms with E-state index in [2.05, 4.69) is 5.10 Å². The lowest BCUT2D eigenvalue weighted by molar-refractivity contribution is -0.160. The number of aliphatic carboxylic acids is 1. The van der Waals surface area contributed by atoms with E-state index < -0.39 is 11.5 Å². The van der Waals surface area contributed by atoms with Gasteiger partial charge in [-0.3, -0.25) is 9.48 Å². The van der Waals surface area contributed by atoms with Crippen molar-refractivity contribution in [2.75, 3.05) is 7.05 Å². The predicted molar refractivity (Wildman–Crippen MR) is 86.0 cm³/mol. The van der Waals surface area contributed by atoms with Gasteiger partial charge in [-0.15, -0.1) is 0 Å². The van der Waals surface area contributed by atoms with Crippen LogP contribution in [0, 0.1) is 0 Å². The van der Waals surface area contributed by atoms with Crippen LogP contribution in [0.25, 0.3) is 10.9 Å². The number of nitrogens with zero attached hydrogens (tertiary/aromatic N) is 3. The summed E-state index contributed by atoms with van der Waals surface area (Å²) in [6.45, 7) is 0.0546. The zero-order chi connectivity index (χ0) is 16.4. The summed E-state index contributed by atoms with van der Waals surface area (Å²) >= 11 is 0. The molecule has 0 spiro atoms. The van der Waals surface area contributed by atoms with Crippen LogP contribution >= 0.6 is 0 Å². The molecule has 2 aromatic rings. The van der Waals surface area contributed by atoms with Crippen molar-refractivity contribution < 1.29 is 14.7 Å². The van der Waals surface area contributed by atoms with Gasteiger partial charge in [-0.1, -0.05) is 37.5 Å². The van der Waals surface area contributed by atoms with Gasteiger partial charge in [0.2, 0.25) is 5.91 Å². The number of benzene rings is 1. The fourth-order valence-electron chi connectivity index (χ4n) is 3.45. The van der Waals surface area contributed by atoms with Crippen molar-refractivity contribution in [3.05, 3.63) is 30.5 Å². The highest BCUT2D eigenvalue weighted by Crippen LogP contribution is 2.33. The van der Waals surface area contributed by atoms with Crippen LogP contribution in [-0.4, -0.2) is 44.3 Å². The number of hydrogen-bond donors (Lipinski definition) is 1. The van der Waals surface area contributed by atoms with Gasteiger partial charge in [0, 0.05) is 12.4 Å². The van der Waals surface area contributed by atoms with Gasteiger partial charge in [-0.05, 0) is 18.9 Å². The molecule has 1 aromatic heterocycles. The van der Waals surface area contributed by atoms with Crippen LogP contribution in [0.1, 0.15) is 32.1 Å². The molecular formula is C17H21N3O3. The van der Waals surface area contributed by atoms with E-state index in [0.29, 0.717) is 12.8 Å². The topological polar surface area (TPSA) is 75.4 Å². The van der Waals surface area contributed by atoms with Crippen molar-refractivity contribution in [2.24, 2.45) is 0 Å². The maximum atomic E-state index is 12.7. The highest BCUT2D eigenvalue weighted by molar-refractivity contribution is 5.88. The molecule has 0 saturated heterocycles. The summed E-state index contributed by atoms with van der Waals surface area (Å²) in [5.41, 5.74) is -0.194. The Morgan fingerprint density at radius 1 is 1.26 bits per heavy atom. The van der Waals surface area contributed by atoms with Gasteiger partial charge >= 0.3 is 5.97 Å². The van der Waals surface area contributed by atoms with Crippen LogP contribution in [-0.2, 0) is 16.1 Å². The van der Waals surface area contributed by atoms with Gasteiger partial charge < -0.3 is 10.0 Å². The monoisotopic (exact) mass is 315 g/mol. The molecule has 1 saturated carbocycles. The maximum absolute atomic E-state index is 12.7. The highest BCUT2D eigenvalue weighted by atomic mass is 16.4. The predicted octanol–water partition coefficient (Wildman–Crippen LogP) is 2.28. The summed E-state index contributed by atoms with van der Waals surface area (Å²) < 4.78 is 1.63. The lowest BCUT2D eigenvalue weighted by atomic mass is 9.80. The van der Waals surface area contributed by atoms with E-state index in [1.54, 1.807) is 17.9 Å². The molecule has 0 bridgehead atoms. The van der Waals surface area contributed by atoms with Crippen LogP contribution in [0.4, 0.5) is 0 Å². The Morgan fingerprint density at radius 3 is 2.65 bits per heavy atom. The van der Waals surface area contributed by atoms with Crippen LogP contribution in [0.2, 0.25) is 0 Å². The van der Waals surface area contributed by atoms with Gasteiger partial charge in [0.05, 0.1) is 11.7 Å². The second-order valence-corrected chi connectivity index (χ2v) is 6.21. The third-order valence-electron chi connectivity index (χ3n) is 4.93. The highest BCUT2D eigenvalue weighted by Gasteiger charge is 2.45. The van der Waals surface area contributed by atoms with Crippen molar-refractivity contribution in [3.63, 3.8) is 0 Å². The summed E-state index contributed by atoms with van der Waals surface area (Å²) in [6, 6.07) is 7.66. The Labute approximate surface area is 134 Å². The van der Waals surface area contributed by atoms with Gasteiger partial charge in [0.25, 0.3) is 0 Å². The maximum Gasteiger partial charge on any atom is 0.329 e. The van der Waals surface area contributed by atoms with Crippen LogP contribution in [0.3, 0.4) is 0 Å². The van der Waals surface area contributed by atoms with Crippen molar-refractivity contribution in [3.8, 4) is 0 Å². The molecule has 122 valence electrons. The molecule has 0 aliphatic heterocycles. The molecule has 0 unspecified atom stereocenters. The molecule has 3 rings (SSSR count). The quantitative estimate of drug-likeness (QED) is 0.939. The number of carbonyl (C=O) groups is 2. The van der Waals surface area contributed by atoms with Crippen LogP contribution in [0.15, 0.2) is 30.5 Å². The Bertz CT molecular complexity index is 732. The van der Waals surface area contributed by atoms with E-state index >= 15 is 0 Å². The normalized spacial score (nSPS) is 17.1. The van der Waals surface area contributed by atoms with E-state index in [-0.39, 0.29) is 12.5 Å². The first kappa shape index (κ1) is 15.5.